The molecule has 5 aromatic carbocycles. The van der Waals surface area contributed by atoms with E-state index in [1.165, 1.54) is 61.2 Å². The lowest BCUT2D eigenvalue weighted by molar-refractivity contribution is 0.346. The van der Waals surface area contributed by atoms with E-state index in [2.05, 4.69) is 199 Å². The van der Waals surface area contributed by atoms with Gasteiger partial charge in [0, 0.05) is 29.2 Å². The van der Waals surface area contributed by atoms with E-state index in [1.807, 2.05) is 0 Å². The van der Waals surface area contributed by atoms with Crippen molar-refractivity contribution >= 4 is 22.6 Å². The second kappa shape index (κ2) is 12.8. The van der Waals surface area contributed by atoms with Crippen LogP contribution in [-0.2, 0) is 16.4 Å². The van der Waals surface area contributed by atoms with E-state index in [1.54, 1.807) is 5.57 Å². The Labute approximate surface area is 333 Å². The minimum absolute atomic E-state index is 0.0432. The van der Waals surface area contributed by atoms with Crippen LogP contribution >= 0.6 is 0 Å². The molecular weight excluding hydrogens is 677 g/mol. The van der Waals surface area contributed by atoms with Crippen LogP contribution in [0.4, 0.5) is 0 Å². The zero-order valence-electron chi connectivity index (χ0n) is 33.6. The van der Waals surface area contributed by atoms with Crippen molar-refractivity contribution in [2.45, 2.75) is 82.7 Å². The van der Waals surface area contributed by atoms with Gasteiger partial charge in [0.2, 0.25) is 0 Å². The molecule has 4 unspecified atom stereocenters. The van der Waals surface area contributed by atoms with Gasteiger partial charge < -0.3 is 5.32 Å². The molecule has 1 N–H and O–H groups in total. The zero-order chi connectivity index (χ0) is 38.4. The summed E-state index contributed by atoms with van der Waals surface area (Å²) in [5.74, 6) is 2.31. The monoisotopic (exact) mass is 728 g/mol. The molecule has 1 heterocycles. The number of allylic oxidation sites excluding steroid dienone is 8. The van der Waals surface area contributed by atoms with Crippen molar-refractivity contribution in [3.8, 4) is 0 Å². The summed E-state index contributed by atoms with van der Waals surface area (Å²) in [4.78, 5) is 5.40. The van der Waals surface area contributed by atoms with Crippen molar-refractivity contribution in [3.63, 3.8) is 0 Å². The summed E-state index contributed by atoms with van der Waals surface area (Å²) in [6.45, 7) is 14.4. The Hall–Kier alpha value is -5.47. The normalized spacial score (nSPS) is 26.6. The first kappa shape index (κ1) is 35.0. The van der Waals surface area contributed by atoms with Crippen molar-refractivity contribution in [2.75, 3.05) is 0 Å². The highest BCUT2D eigenvalue weighted by Crippen LogP contribution is 2.57. The lowest BCUT2D eigenvalue weighted by Gasteiger charge is -2.40. The van der Waals surface area contributed by atoms with Gasteiger partial charge in [0.15, 0.2) is 0 Å². The topological polar surface area (TPSA) is 24.4 Å². The van der Waals surface area contributed by atoms with Crippen LogP contribution in [0.25, 0.3) is 16.7 Å². The average molecular weight is 729 g/mol. The number of fused-ring (bicyclic) bond motifs is 6. The maximum absolute atomic E-state index is 5.40. The summed E-state index contributed by atoms with van der Waals surface area (Å²) in [7, 11) is 0. The van der Waals surface area contributed by atoms with Crippen LogP contribution in [0.2, 0.25) is 0 Å². The number of rotatable bonds is 5. The third kappa shape index (κ3) is 5.40. The van der Waals surface area contributed by atoms with E-state index < -0.39 is 0 Å². The predicted octanol–water partition coefficient (Wildman–Crippen LogP) is 12.9. The van der Waals surface area contributed by atoms with E-state index in [9.17, 15) is 0 Å². The maximum Gasteiger partial charge on any atom is 0.129 e. The van der Waals surface area contributed by atoms with Crippen molar-refractivity contribution in [1.82, 2.24) is 5.32 Å². The largest absolute Gasteiger partial charge is 0.361 e. The molecule has 5 aliphatic rings. The fourth-order valence-electron chi connectivity index (χ4n) is 11.3. The summed E-state index contributed by atoms with van der Waals surface area (Å²) in [5.41, 5.74) is 17.7. The van der Waals surface area contributed by atoms with E-state index >= 15 is 0 Å². The molecule has 0 fully saturated rings. The summed E-state index contributed by atoms with van der Waals surface area (Å²) < 4.78 is 0. The molecule has 1 aliphatic heterocycles. The quantitative estimate of drug-likeness (QED) is 0.191. The van der Waals surface area contributed by atoms with E-state index in [-0.39, 0.29) is 22.4 Å². The summed E-state index contributed by atoms with van der Waals surface area (Å²) in [6, 6.07) is 47.5. The third-order valence-electron chi connectivity index (χ3n) is 14.3. The number of aliphatic imine (C=N–C) groups is 1. The molecule has 5 atom stereocenters. The van der Waals surface area contributed by atoms with E-state index in [0.717, 1.165) is 24.2 Å². The smallest absolute Gasteiger partial charge is 0.129 e. The maximum atomic E-state index is 5.40. The van der Waals surface area contributed by atoms with Crippen LogP contribution in [0.3, 0.4) is 0 Å². The third-order valence-corrected chi connectivity index (χ3v) is 14.3. The van der Waals surface area contributed by atoms with Crippen molar-refractivity contribution < 1.29 is 0 Å². The molecule has 0 saturated carbocycles. The van der Waals surface area contributed by atoms with Gasteiger partial charge in [-0.3, -0.25) is 4.99 Å². The Kier molecular flexibility index (Phi) is 7.98. The van der Waals surface area contributed by atoms with Crippen LogP contribution in [0, 0.1) is 11.8 Å². The van der Waals surface area contributed by atoms with E-state index in [0.29, 0.717) is 17.8 Å². The number of amidine groups is 1. The summed E-state index contributed by atoms with van der Waals surface area (Å²) in [6.07, 6.45) is 11.6. The molecule has 0 bridgehead atoms. The van der Waals surface area contributed by atoms with Gasteiger partial charge in [-0.1, -0.05) is 192 Å². The van der Waals surface area contributed by atoms with Crippen LogP contribution in [0.1, 0.15) is 116 Å². The molecule has 10 rings (SSSR count). The van der Waals surface area contributed by atoms with Crippen LogP contribution in [0.15, 0.2) is 162 Å². The Morgan fingerprint density at radius 1 is 0.643 bits per heavy atom. The highest BCUT2D eigenvalue weighted by Gasteiger charge is 2.47. The first-order chi connectivity index (χ1) is 27.0. The predicted molar refractivity (Wildman–Crippen MR) is 235 cm³/mol. The minimum Gasteiger partial charge on any atom is -0.361 e. The lowest BCUT2D eigenvalue weighted by atomic mass is 9.66. The Bertz CT molecular complexity index is 2520. The van der Waals surface area contributed by atoms with Crippen LogP contribution in [0.5, 0.6) is 0 Å². The first-order valence-electron chi connectivity index (χ1n) is 20.7. The summed E-state index contributed by atoms with van der Waals surface area (Å²) in [5, 5.41) is 3.97. The van der Waals surface area contributed by atoms with Gasteiger partial charge in [-0.15, -0.1) is 0 Å². The highest BCUT2D eigenvalue weighted by atomic mass is 15.1. The molecule has 0 saturated heterocycles. The highest BCUT2D eigenvalue weighted by molar-refractivity contribution is 6.00. The SMILES string of the molecule is CC1C(c2ccc(C3=NC(c4ccccc4)C[C@](C)(c4ccc(C5=CCC6C(=C5)C(C)(C)c5ccccc56)cc4)N3)cc2)=CC=C2c3ccccc3C(C)(C)C21. The molecule has 0 aromatic heterocycles. The van der Waals surface area contributed by atoms with Gasteiger partial charge in [0.05, 0.1) is 11.6 Å². The number of nitrogens with one attached hydrogen (secondary N) is 1. The van der Waals surface area contributed by atoms with Gasteiger partial charge in [0.25, 0.3) is 0 Å². The number of hydrogen-bond donors (Lipinski definition) is 1. The van der Waals surface area contributed by atoms with E-state index in [4.69, 9.17) is 4.99 Å². The molecule has 0 spiro atoms. The van der Waals surface area contributed by atoms with Crippen molar-refractivity contribution in [1.29, 1.82) is 0 Å². The second-order valence-corrected chi connectivity index (χ2v) is 18.3. The van der Waals surface area contributed by atoms with Gasteiger partial charge in [-0.2, -0.15) is 0 Å². The second-order valence-electron chi connectivity index (χ2n) is 18.3. The molecule has 0 radical (unpaired) electrons. The summed E-state index contributed by atoms with van der Waals surface area (Å²) >= 11 is 0. The molecule has 0 amide bonds. The molecule has 5 aromatic rings. The van der Waals surface area contributed by atoms with Gasteiger partial charge in [0.1, 0.15) is 5.84 Å². The Balaban J connectivity index is 0.938. The zero-order valence-corrected chi connectivity index (χ0v) is 33.6. The molecule has 56 heavy (non-hydrogen) atoms. The van der Waals surface area contributed by atoms with Gasteiger partial charge in [-0.05, 0) is 85.9 Å². The molecular formula is C54H52N2. The molecule has 4 aliphatic carbocycles. The average Bonchev–Trinajstić information content (AvgIpc) is 3.61. The number of hydrogen-bond acceptors (Lipinski definition) is 2. The van der Waals surface area contributed by atoms with Crippen LogP contribution in [-0.4, -0.2) is 5.84 Å². The Morgan fingerprint density at radius 2 is 1.29 bits per heavy atom. The number of nitrogens with zero attached hydrogens (tertiary/aromatic N) is 1. The van der Waals surface area contributed by atoms with Crippen molar-refractivity contribution in [3.05, 3.63) is 207 Å². The number of benzene rings is 5. The van der Waals surface area contributed by atoms with Crippen LogP contribution < -0.4 is 5.32 Å². The fraction of sp³-hybridized carbons (Fsp3) is 0.278. The molecule has 278 valence electrons. The van der Waals surface area contributed by atoms with Gasteiger partial charge in [-0.25, -0.2) is 0 Å². The first-order valence-corrected chi connectivity index (χ1v) is 20.7. The Morgan fingerprint density at radius 3 is 2.05 bits per heavy atom. The lowest BCUT2D eigenvalue weighted by Crippen LogP contribution is -2.48. The standard InChI is InChI=1S/C54H52N2/c1-34-41(30-31-45-43-17-11-13-19-47(43)53(4,5)50(34)45)36-20-22-38(23-21-36)51-55-49(37-14-8-7-9-15-37)33-54(6,56-51)40-27-24-35(25-28-40)39-26-29-44-42-16-10-12-18-46(42)52(2,3)48(44)32-39/h7-28,30-32,34,44,49-50H,29,33H2,1-6H3,(H,55,56)/t34?,44?,49?,50?,54-/m1/s1. The van der Waals surface area contributed by atoms with Gasteiger partial charge >= 0.3 is 0 Å². The minimum atomic E-state index is -0.306. The fourth-order valence-corrected chi connectivity index (χ4v) is 11.3. The van der Waals surface area contributed by atoms with Crippen molar-refractivity contribution in [2.24, 2.45) is 16.8 Å². The molecule has 2 nitrogen and oxygen atoms in total. The molecule has 2 heteroatoms.